The standard InChI is InChI=1S/C13H17BrN2O4/c1-8(12(18)15-5-6-20-2)16-13(19)9-3-4-10(14)11(17)7-9/h3-4,7-8,17H,5-6H2,1-2H3,(H,15,18)(H,16,19). The number of hydrogen-bond donors (Lipinski definition) is 3. The van der Waals surface area contributed by atoms with Crippen molar-refractivity contribution in [3.8, 4) is 5.75 Å². The molecule has 1 rings (SSSR count). The van der Waals surface area contributed by atoms with E-state index < -0.39 is 11.9 Å². The van der Waals surface area contributed by atoms with Crippen molar-refractivity contribution in [2.75, 3.05) is 20.3 Å². The van der Waals surface area contributed by atoms with Gasteiger partial charge in [0, 0.05) is 19.2 Å². The highest BCUT2D eigenvalue weighted by atomic mass is 79.9. The Morgan fingerprint density at radius 3 is 2.75 bits per heavy atom. The molecule has 0 saturated heterocycles. The fraction of sp³-hybridized carbons (Fsp3) is 0.385. The molecular weight excluding hydrogens is 328 g/mol. The molecule has 1 aromatic rings. The van der Waals surface area contributed by atoms with Crippen molar-refractivity contribution < 1.29 is 19.4 Å². The molecule has 0 bridgehead atoms. The Balaban J connectivity index is 2.56. The number of benzene rings is 1. The van der Waals surface area contributed by atoms with Crippen LogP contribution in [0.15, 0.2) is 22.7 Å². The van der Waals surface area contributed by atoms with E-state index in [9.17, 15) is 14.7 Å². The molecule has 0 saturated carbocycles. The van der Waals surface area contributed by atoms with E-state index in [1.165, 1.54) is 13.2 Å². The monoisotopic (exact) mass is 344 g/mol. The molecule has 1 unspecified atom stereocenters. The van der Waals surface area contributed by atoms with E-state index in [0.29, 0.717) is 17.6 Å². The zero-order valence-electron chi connectivity index (χ0n) is 11.3. The first kappa shape index (κ1) is 16.5. The molecule has 0 aliphatic rings. The van der Waals surface area contributed by atoms with Crippen molar-refractivity contribution in [1.82, 2.24) is 10.6 Å². The minimum absolute atomic E-state index is 0.0325. The Kier molecular flexibility index (Phi) is 6.47. The van der Waals surface area contributed by atoms with Crippen LogP contribution in [-0.2, 0) is 9.53 Å². The number of methoxy groups -OCH3 is 1. The first-order valence-electron chi connectivity index (χ1n) is 6.01. The van der Waals surface area contributed by atoms with Crippen LogP contribution in [0.25, 0.3) is 0 Å². The van der Waals surface area contributed by atoms with Gasteiger partial charge < -0.3 is 20.5 Å². The number of rotatable bonds is 6. The summed E-state index contributed by atoms with van der Waals surface area (Å²) in [6.45, 7) is 2.38. The fourth-order valence-corrected chi connectivity index (χ4v) is 1.68. The SMILES string of the molecule is COCCNC(=O)C(C)NC(=O)c1ccc(Br)c(O)c1. The molecule has 0 aliphatic heterocycles. The van der Waals surface area contributed by atoms with Crippen LogP contribution in [0.2, 0.25) is 0 Å². The average Bonchev–Trinajstić information content (AvgIpc) is 2.41. The number of carbonyl (C=O) groups excluding carboxylic acids is 2. The number of carbonyl (C=O) groups is 2. The smallest absolute Gasteiger partial charge is 0.252 e. The van der Waals surface area contributed by atoms with Crippen LogP contribution < -0.4 is 10.6 Å². The van der Waals surface area contributed by atoms with E-state index in [4.69, 9.17) is 4.74 Å². The molecule has 0 spiro atoms. The lowest BCUT2D eigenvalue weighted by molar-refractivity contribution is -0.122. The molecular formula is C13H17BrN2O4. The predicted molar refractivity (Wildman–Crippen MR) is 77.6 cm³/mol. The number of ether oxygens (including phenoxy) is 1. The lowest BCUT2D eigenvalue weighted by Crippen LogP contribution is -2.45. The molecule has 0 aliphatic carbocycles. The maximum atomic E-state index is 11.9. The van der Waals surface area contributed by atoms with Crippen molar-refractivity contribution in [2.24, 2.45) is 0 Å². The third-order valence-corrected chi connectivity index (χ3v) is 3.23. The highest BCUT2D eigenvalue weighted by Gasteiger charge is 2.16. The first-order valence-corrected chi connectivity index (χ1v) is 6.81. The van der Waals surface area contributed by atoms with Gasteiger partial charge >= 0.3 is 0 Å². The van der Waals surface area contributed by atoms with Crippen LogP contribution in [0.4, 0.5) is 0 Å². The number of amides is 2. The molecule has 6 nitrogen and oxygen atoms in total. The van der Waals surface area contributed by atoms with Crippen LogP contribution in [0.3, 0.4) is 0 Å². The number of phenolic OH excluding ortho intramolecular Hbond substituents is 1. The zero-order chi connectivity index (χ0) is 15.1. The summed E-state index contributed by atoms with van der Waals surface area (Å²) >= 11 is 3.13. The largest absolute Gasteiger partial charge is 0.507 e. The molecule has 1 aromatic carbocycles. The van der Waals surface area contributed by atoms with Crippen molar-refractivity contribution in [3.05, 3.63) is 28.2 Å². The normalized spacial score (nSPS) is 11.8. The molecule has 1 atom stereocenters. The van der Waals surface area contributed by atoms with Gasteiger partial charge in [0.1, 0.15) is 11.8 Å². The Bertz CT molecular complexity index is 493. The molecule has 3 N–H and O–H groups in total. The van der Waals surface area contributed by atoms with Gasteiger partial charge in [-0.1, -0.05) is 0 Å². The Labute approximate surface area is 125 Å². The summed E-state index contributed by atoms with van der Waals surface area (Å²) in [4.78, 5) is 23.6. The van der Waals surface area contributed by atoms with E-state index in [1.807, 2.05) is 0 Å². The summed E-state index contributed by atoms with van der Waals surface area (Å²) in [5.41, 5.74) is 0.280. The van der Waals surface area contributed by atoms with Gasteiger partial charge in [0.2, 0.25) is 5.91 Å². The third kappa shape index (κ3) is 4.82. The molecule has 0 heterocycles. The summed E-state index contributed by atoms with van der Waals surface area (Å²) in [5.74, 6) is -0.756. The van der Waals surface area contributed by atoms with Crippen LogP contribution in [-0.4, -0.2) is 43.2 Å². The Hall–Kier alpha value is -1.60. The van der Waals surface area contributed by atoms with Crippen LogP contribution in [0, 0.1) is 0 Å². The average molecular weight is 345 g/mol. The highest BCUT2D eigenvalue weighted by Crippen LogP contribution is 2.24. The third-order valence-electron chi connectivity index (χ3n) is 2.55. The summed E-state index contributed by atoms with van der Waals surface area (Å²) in [6.07, 6.45) is 0. The van der Waals surface area contributed by atoms with Crippen molar-refractivity contribution in [1.29, 1.82) is 0 Å². The van der Waals surface area contributed by atoms with Gasteiger partial charge in [-0.2, -0.15) is 0 Å². The second-order valence-corrected chi connectivity index (χ2v) is 5.00. The number of nitrogens with one attached hydrogen (secondary N) is 2. The van der Waals surface area contributed by atoms with Gasteiger partial charge in [-0.3, -0.25) is 9.59 Å². The van der Waals surface area contributed by atoms with E-state index in [1.54, 1.807) is 19.1 Å². The van der Waals surface area contributed by atoms with Crippen LogP contribution >= 0.6 is 15.9 Å². The maximum absolute atomic E-state index is 11.9. The molecule has 0 radical (unpaired) electrons. The van der Waals surface area contributed by atoms with Crippen molar-refractivity contribution in [3.63, 3.8) is 0 Å². The van der Waals surface area contributed by atoms with E-state index in [2.05, 4.69) is 26.6 Å². The topological polar surface area (TPSA) is 87.7 Å². The lowest BCUT2D eigenvalue weighted by Gasteiger charge is -2.14. The summed E-state index contributed by atoms with van der Waals surface area (Å²) in [6, 6.07) is 3.77. The molecule has 0 aromatic heterocycles. The van der Waals surface area contributed by atoms with Gasteiger partial charge in [-0.15, -0.1) is 0 Å². The number of halogens is 1. The van der Waals surface area contributed by atoms with Crippen LogP contribution in [0.5, 0.6) is 5.75 Å². The molecule has 110 valence electrons. The number of hydrogen-bond acceptors (Lipinski definition) is 4. The minimum Gasteiger partial charge on any atom is -0.507 e. The molecule has 0 fully saturated rings. The summed E-state index contributed by atoms with van der Waals surface area (Å²) < 4.78 is 5.31. The van der Waals surface area contributed by atoms with Gasteiger partial charge in [0.15, 0.2) is 0 Å². The van der Waals surface area contributed by atoms with Gasteiger partial charge in [-0.25, -0.2) is 0 Å². The lowest BCUT2D eigenvalue weighted by atomic mass is 10.2. The molecule has 20 heavy (non-hydrogen) atoms. The number of aromatic hydroxyl groups is 1. The first-order chi connectivity index (χ1) is 9.45. The molecule has 2 amide bonds. The van der Waals surface area contributed by atoms with E-state index in [-0.39, 0.29) is 17.2 Å². The summed E-state index contributed by atoms with van der Waals surface area (Å²) in [7, 11) is 1.54. The number of phenols is 1. The Morgan fingerprint density at radius 1 is 1.45 bits per heavy atom. The summed E-state index contributed by atoms with van der Waals surface area (Å²) in [5, 5.41) is 14.7. The second kappa shape index (κ2) is 7.86. The quantitative estimate of drug-likeness (QED) is 0.672. The van der Waals surface area contributed by atoms with Gasteiger partial charge in [0.05, 0.1) is 11.1 Å². The second-order valence-electron chi connectivity index (χ2n) is 4.15. The Morgan fingerprint density at radius 2 is 2.15 bits per heavy atom. The molecule has 7 heteroatoms. The fourth-order valence-electron chi connectivity index (χ4n) is 1.43. The van der Waals surface area contributed by atoms with Crippen molar-refractivity contribution in [2.45, 2.75) is 13.0 Å². The van der Waals surface area contributed by atoms with E-state index >= 15 is 0 Å². The minimum atomic E-state index is -0.676. The van der Waals surface area contributed by atoms with Gasteiger partial charge in [-0.05, 0) is 41.1 Å². The van der Waals surface area contributed by atoms with Crippen molar-refractivity contribution >= 4 is 27.7 Å². The highest BCUT2D eigenvalue weighted by molar-refractivity contribution is 9.10. The zero-order valence-corrected chi connectivity index (χ0v) is 12.9. The predicted octanol–water partition coefficient (Wildman–Crippen LogP) is 1.04. The van der Waals surface area contributed by atoms with Gasteiger partial charge in [0.25, 0.3) is 5.91 Å². The van der Waals surface area contributed by atoms with E-state index in [0.717, 1.165) is 0 Å². The van der Waals surface area contributed by atoms with Crippen LogP contribution in [0.1, 0.15) is 17.3 Å². The maximum Gasteiger partial charge on any atom is 0.252 e.